The predicted molar refractivity (Wildman–Crippen MR) is 111 cm³/mol. The number of methoxy groups -OCH3 is 1. The van der Waals surface area contributed by atoms with Crippen LogP contribution < -0.4 is 5.32 Å². The first-order chi connectivity index (χ1) is 13.8. The molecule has 0 spiro atoms. The number of nitrogens with zero attached hydrogens (tertiary/aromatic N) is 3. The molecule has 1 aromatic carbocycles. The minimum Gasteiger partial charge on any atom is -0.382 e. The van der Waals surface area contributed by atoms with Gasteiger partial charge in [0.2, 0.25) is 0 Å². The number of fused-ring (bicyclic) bond motifs is 1. The Hall–Kier alpha value is -1.67. The number of likely N-dealkylation sites (tertiary alicyclic amines) is 1. The van der Waals surface area contributed by atoms with E-state index in [1.807, 2.05) is 0 Å². The molecule has 0 radical (unpaired) electrons. The quantitative estimate of drug-likeness (QED) is 0.388. The first-order valence-corrected chi connectivity index (χ1v) is 10.3. The number of ether oxygens (including phenoxy) is 3. The zero-order valence-electron chi connectivity index (χ0n) is 17.2. The molecule has 1 aromatic rings. The molecule has 0 aliphatic carbocycles. The van der Waals surface area contributed by atoms with Gasteiger partial charge in [-0.15, -0.1) is 0 Å². The molecule has 0 amide bonds. The summed E-state index contributed by atoms with van der Waals surface area (Å²) in [7, 11) is 1.68. The first kappa shape index (κ1) is 21.0. The highest BCUT2D eigenvalue weighted by molar-refractivity contribution is 5.80. The van der Waals surface area contributed by atoms with Crippen molar-refractivity contribution in [2.75, 3.05) is 66.3 Å². The predicted octanol–water partition coefficient (Wildman–Crippen LogP) is 1.20. The summed E-state index contributed by atoms with van der Waals surface area (Å²) in [6, 6.07) is 11.1. The molecule has 156 valence electrons. The van der Waals surface area contributed by atoms with Crippen molar-refractivity contribution < 1.29 is 14.2 Å². The van der Waals surface area contributed by atoms with Crippen LogP contribution in [0.3, 0.4) is 0 Å². The maximum absolute atomic E-state index is 6.09. The van der Waals surface area contributed by atoms with E-state index < -0.39 is 0 Å². The Balaban J connectivity index is 1.56. The lowest BCUT2D eigenvalue weighted by Crippen LogP contribution is -2.50. The van der Waals surface area contributed by atoms with Crippen molar-refractivity contribution in [3.63, 3.8) is 0 Å². The monoisotopic (exact) mass is 390 g/mol. The molecule has 7 nitrogen and oxygen atoms in total. The van der Waals surface area contributed by atoms with E-state index in [-0.39, 0.29) is 6.10 Å². The van der Waals surface area contributed by atoms with Crippen molar-refractivity contribution >= 4 is 5.96 Å². The highest BCUT2D eigenvalue weighted by atomic mass is 16.5. The average Bonchev–Trinajstić information content (AvgIpc) is 3.16. The molecule has 0 aromatic heterocycles. The van der Waals surface area contributed by atoms with Gasteiger partial charge in [0, 0.05) is 39.8 Å². The summed E-state index contributed by atoms with van der Waals surface area (Å²) >= 11 is 0. The first-order valence-electron chi connectivity index (χ1n) is 10.3. The van der Waals surface area contributed by atoms with E-state index in [1.54, 1.807) is 7.11 Å². The fourth-order valence-electron chi connectivity index (χ4n) is 3.83. The summed E-state index contributed by atoms with van der Waals surface area (Å²) in [4.78, 5) is 9.64. The van der Waals surface area contributed by atoms with Crippen molar-refractivity contribution in [1.29, 1.82) is 0 Å². The topological polar surface area (TPSA) is 58.6 Å². The van der Waals surface area contributed by atoms with Crippen molar-refractivity contribution in [3.05, 3.63) is 35.9 Å². The molecular formula is C21H34N4O3. The second-order valence-corrected chi connectivity index (χ2v) is 7.18. The molecule has 2 saturated heterocycles. The van der Waals surface area contributed by atoms with E-state index in [0.29, 0.717) is 32.4 Å². The van der Waals surface area contributed by atoms with Crippen molar-refractivity contribution in [2.24, 2.45) is 4.99 Å². The number of aliphatic imine (C=N–C) groups is 1. The van der Waals surface area contributed by atoms with Crippen molar-refractivity contribution in [1.82, 2.24) is 15.1 Å². The van der Waals surface area contributed by atoms with Gasteiger partial charge in [0.15, 0.2) is 5.96 Å². The van der Waals surface area contributed by atoms with Crippen molar-refractivity contribution in [3.8, 4) is 0 Å². The van der Waals surface area contributed by atoms with Gasteiger partial charge in [-0.2, -0.15) is 0 Å². The molecule has 2 unspecified atom stereocenters. The van der Waals surface area contributed by atoms with Gasteiger partial charge in [0.1, 0.15) is 0 Å². The van der Waals surface area contributed by atoms with E-state index >= 15 is 0 Å². The Morgan fingerprint density at radius 1 is 1.21 bits per heavy atom. The molecular weight excluding hydrogens is 356 g/mol. The lowest BCUT2D eigenvalue weighted by Gasteiger charge is -2.36. The summed E-state index contributed by atoms with van der Waals surface area (Å²) in [6.45, 7) is 10.00. The second kappa shape index (κ2) is 11.4. The minimum atomic E-state index is 0.235. The van der Waals surface area contributed by atoms with Crippen LogP contribution in [0.4, 0.5) is 0 Å². The fraction of sp³-hybridized carbons (Fsp3) is 0.667. The smallest absolute Gasteiger partial charge is 0.194 e. The van der Waals surface area contributed by atoms with E-state index in [9.17, 15) is 0 Å². The summed E-state index contributed by atoms with van der Waals surface area (Å²) < 4.78 is 16.6. The molecule has 0 bridgehead atoms. The molecule has 1 N–H and O–H groups in total. The van der Waals surface area contributed by atoms with Gasteiger partial charge in [0.25, 0.3) is 0 Å². The summed E-state index contributed by atoms with van der Waals surface area (Å²) in [5.41, 5.74) is 1.36. The molecule has 2 fully saturated rings. The van der Waals surface area contributed by atoms with Crippen LogP contribution in [-0.2, 0) is 20.8 Å². The number of guanidine groups is 1. The van der Waals surface area contributed by atoms with Gasteiger partial charge < -0.3 is 24.4 Å². The molecule has 3 rings (SSSR count). The number of benzene rings is 1. The second-order valence-electron chi connectivity index (χ2n) is 7.18. The Labute approximate surface area is 168 Å². The van der Waals surface area contributed by atoms with E-state index in [2.05, 4.69) is 52.4 Å². The average molecular weight is 391 g/mol. The van der Waals surface area contributed by atoms with Crippen LogP contribution in [0.1, 0.15) is 12.5 Å². The number of nitrogens with one attached hydrogen (secondary N) is 1. The standard InChI is InChI=1S/C21H34N4O3/c1-3-22-21(23-9-11-27-14-13-26-2)25-16-19-20(17-25)28-12-10-24(19)15-18-7-5-4-6-8-18/h4-8,19-20H,3,9-17H2,1-2H3,(H,22,23). The van der Waals surface area contributed by atoms with Crippen LogP contribution >= 0.6 is 0 Å². The Morgan fingerprint density at radius 2 is 2.07 bits per heavy atom. The molecule has 2 atom stereocenters. The third kappa shape index (κ3) is 5.91. The lowest BCUT2D eigenvalue weighted by atomic mass is 10.1. The van der Waals surface area contributed by atoms with Gasteiger partial charge in [-0.3, -0.25) is 9.89 Å². The summed E-state index contributed by atoms with van der Waals surface area (Å²) in [6.07, 6.45) is 0.235. The third-order valence-electron chi connectivity index (χ3n) is 5.21. The summed E-state index contributed by atoms with van der Waals surface area (Å²) in [5, 5.41) is 3.42. The SMILES string of the molecule is CCNC(=NCCOCCOC)N1CC2OCCN(Cc3ccccc3)C2C1. The van der Waals surface area contributed by atoms with E-state index in [4.69, 9.17) is 19.2 Å². The van der Waals surface area contributed by atoms with Gasteiger partial charge in [-0.25, -0.2) is 0 Å². The highest BCUT2D eigenvalue weighted by Crippen LogP contribution is 2.24. The Kier molecular flexibility index (Phi) is 8.54. The Bertz CT molecular complexity index is 599. The van der Waals surface area contributed by atoms with Gasteiger partial charge in [0.05, 0.1) is 45.1 Å². The van der Waals surface area contributed by atoms with Crippen LogP contribution in [0.15, 0.2) is 35.3 Å². The van der Waals surface area contributed by atoms with Crippen LogP contribution in [0.2, 0.25) is 0 Å². The third-order valence-corrected chi connectivity index (χ3v) is 5.21. The highest BCUT2D eigenvalue weighted by Gasteiger charge is 2.41. The molecule has 2 heterocycles. The minimum absolute atomic E-state index is 0.235. The van der Waals surface area contributed by atoms with Crippen LogP contribution in [0, 0.1) is 0 Å². The molecule has 28 heavy (non-hydrogen) atoms. The number of rotatable bonds is 9. The summed E-state index contributed by atoms with van der Waals surface area (Å²) in [5.74, 6) is 0.954. The number of hydrogen-bond acceptors (Lipinski definition) is 5. The van der Waals surface area contributed by atoms with E-state index in [0.717, 1.165) is 45.3 Å². The molecule has 7 heteroatoms. The molecule has 0 saturated carbocycles. The fourth-order valence-corrected chi connectivity index (χ4v) is 3.83. The van der Waals surface area contributed by atoms with Crippen LogP contribution in [0.25, 0.3) is 0 Å². The number of hydrogen-bond donors (Lipinski definition) is 1. The molecule has 2 aliphatic heterocycles. The van der Waals surface area contributed by atoms with Crippen LogP contribution in [-0.4, -0.2) is 94.2 Å². The maximum Gasteiger partial charge on any atom is 0.194 e. The molecule has 2 aliphatic rings. The van der Waals surface area contributed by atoms with Gasteiger partial charge in [-0.1, -0.05) is 30.3 Å². The largest absolute Gasteiger partial charge is 0.382 e. The zero-order valence-corrected chi connectivity index (χ0v) is 17.2. The maximum atomic E-state index is 6.09. The van der Waals surface area contributed by atoms with Gasteiger partial charge in [-0.05, 0) is 12.5 Å². The number of morpholine rings is 1. The lowest BCUT2D eigenvalue weighted by molar-refractivity contribution is -0.0502. The Morgan fingerprint density at radius 3 is 2.86 bits per heavy atom. The van der Waals surface area contributed by atoms with Gasteiger partial charge >= 0.3 is 0 Å². The van der Waals surface area contributed by atoms with Crippen LogP contribution in [0.5, 0.6) is 0 Å². The normalized spacial score (nSPS) is 23.1. The zero-order chi connectivity index (χ0) is 19.6. The van der Waals surface area contributed by atoms with E-state index in [1.165, 1.54) is 5.56 Å². The van der Waals surface area contributed by atoms with Crippen molar-refractivity contribution in [2.45, 2.75) is 25.6 Å².